The highest BCUT2D eigenvalue weighted by Crippen LogP contribution is 2.50. The van der Waals surface area contributed by atoms with Crippen LogP contribution in [0.3, 0.4) is 0 Å². The van der Waals surface area contributed by atoms with Crippen molar-refractivity contribution in [2.75, 3.05) is 6.54 Å². The minimum atomic E-state index is 0.0787. The molecule has 3 aromatic carbocycles. The van der Waals surface area contributed by atoms with Gasteiger partial charge in [-0.15, -0.1) is 0 Å². The van der Waals surface area contributed by atoms with E-state index >= 15 is 0 Å². The van der Waals surface area contributed by atoms with Crippen molar-refractivity contribution < 1.29 is 0 Å². The first-order valence-electron chi connectivity index (χ1n) is 18.2. The van der Waals surface area contributed by atoms with Crippen LogP contribution in [0.2, 0.25) is 0 Å². The molecule has 2 heteroatoms. The average Bonchev–Trinajstić information content (AvgIpc) is 3.41. The lowest BCUT2D eigenvalue weighted by Gasteiger charge is -2.25. The molecule has 0 saturated heterocycles. The fourth-order valence-electron chi connectivity index (χ4n) is 7.51. The molecule has 6 rings (SSSR count). The van der Waals surface area contributed by atoms with Crippen LogP contribution in [0.1, 0.15) is 107 Å². The summed E-state index contributed by atoms with van der Waals surface area (Å²) in [6.07, 6.45) is 28.5. The van der Waals surface area contributed by atoms with Crippen LogP contribution in [0.4, 0.5) is 0 Å². The van der Waals surface area contributed by atoms with Crippen LogP contribution < -0.4 is 5.73 Å². The number of unbranched alkanes of at least 4 members (excludes halogenated alkanes) is 3. The Bertz CT molecular complexity index is 1810. The second kappa shape index (κ2) is 15.6. The molecule has 0 aromatic heterocycles. The number of fused-ring (bicyclic) bond motifs is 2. The first-order chi connectivity index (χ1) is 23.4. The van der Waals surface area contributed by atoms with E-state index in [1.54, 1.807) is 5.57 Å². The fraction of sp³-hybridized carbons (Fsp3) is 0.326. The van der Waals surface area contributed by atoms with Gasteiger partial charge in [0.05, 0.1) is 12.3 Å². The summed E-state index contributed by atoms with van der Waals surface area (Å²) in [4.78, 5) is 5.06. The number of nitrogens with zero attached hydrogens (tertiary/aromatic N) is 1. The van der Waals surface area contributed by atoms with E-state index in [0.717, 1.165) is 36.2 Å². The number of hydrogen-bond donors (Lipinski definition) is 1. The maximum absolute atomic E-state index is 6.51. The Balaban J connectivity index is 1.15. The van der Waals surface area contributed by atoms with Crippen LogP contribution in [-0.2, 0) is 5.41 Å². The Morgan fingerprint density at radius 3 is 2.67 bits per heavy atom. The quantitative estimate of drug-likeness (QED) is 0.166. The van der Waals surface area contributed by atoms with E-state index in [0.29, 0.717) is 12.5 Å². The van der Waals surface area contributed by atoms with Crippen molar-refractivity contribution >= 4 is 17.0 Å². The molecule has 1 atom stereocenters. The first kappa shape index (κ1) is 33.5. The van der Waals surface area contributed by atoms with Gasteiger partial charge in [-0.05, 0) is 108 Å². The molecule has 3 aliphatic carbocycles. The molecule has 0 heterocycles. The number of hydrogen-bond acceptors (Lipinski definition) is 2. The third-order valence-electron chi connectivity index (χ3n) is 10.4. The highest BCUT2D eigenvalue weighted by atomic mass is 14.7. The summed E-state index contributed by atoms with van der Waals surface area (Å²) in [6.45, 7) is 7.76. The molecule has 0 spiro atoms. The third kappa shape index (κ3) is 7.81. The van der Waals surface area contributed by atoms with Crippen LogP contribution in [0.5, 0.6) is 0 Å². The van der Waals surface area contributed by atoms with Gasteiger partial charge in [0.2, 0.25) is 0 Å². The second-order valence-electron chi connectivity index (χ2n) is 14.2. The summed E-state index contributed by atoms with van der Waals surface area (Å²) in [5.74, 6) is 0.378. The number of nitrogens with two attached hydrogens (primary N) is 1. The third-order valence-corrected chi connectivity index (χ3v) is 10.4. The van der Waals surface area contributed by atoms with Crippen LogP contribution in [0, 0.1) is 0 Å². The normalized spacial score (nSPS) is 19.2. The SMILES string of the molecule is CCCCC/C=C/C(/C=C(\N)c1ccccc1)=NCC1=CC=CC(c2cccc(-c3ccc4c(c3)C(C)(C)C3=C4C=CCCC3)c2)CC1. The van der Waals surface area contributed by atoms with Gasteiger partial charge in [0.25, 0.3) is 0 Å². The molecule has 3 aromatic rings. The van der Waals surface area contributed by atoms with Gasteiger partial charge in [0.1, 0.15) is 0 Å². The highest BCUT2D eigenvalue weighted by molar-refractivity contribution is 6.08. The average molecular weight is 633 g/mol. The molecule has 3 aliphatic rings. The Hall–Kier alpha value is -4.43. The standard InChI is InChI=1S/C46H52N2/c1-4-5-6-7-12-23-40(32-45(47)36-18-10-8-11-19-36)48-33-34-17-15-20-35(27-26-34)37-21-16-22-38(30-37)39-28-29-42-41-24-13-9-14-25-43(41)46(2,3)44(42)31-39/h8,10-13,15-24,28-32,35H,4-7,9,14,25-27,33,47H2,1-3H3/b23-12+,45-32-,48-40?. The fourth-order valence-corrected chi connectivity index (χ4v) is 7.51. The Morgan fingerprint density at radius 1 is 0.958 bits per heavy atom. The second-order valence-corrected chi connectivity index (χ2v) is 14.2. The van der Waals surface area contributed by atoms with Crippen LogP contribution >= 0.6 is 0 Å². The van der Waals surface area contributed by atoms with Crippen molar-refractivity contribution in [2.24, 2.45) is 10.7 Å². The number of allylic oxidation sites excluding steroid dienone is 10. The summed E-state index contributed by atoms with van der Waals surface area (Å²) >= 11 is 0. The number of rotatable bonds is 11. The van der Waals surface area contributed by atoms with Gasteiger partial charge in [0.15, 0.2) is 0 Å². The molecule has 246 valence electrons. The van der Waals surface area contributed by atoms with Gasteiger partial charge in [-0.1, -0.05) is 142 Å². The Labute approximate surface area is 289 Å². The van der Waals surface area contributed by atoms with Crippen LogP contribution in [-0.4, -0.2) is 12.3 Å². The van der Waals surface area contributed by atoms with Gasteiger partial charge in [-0.25, -0.2) is 0 Å². The van der Waals surface area contributed by atoms with E-state index in [4.69, 9.17) is 10.7 Å². The predicted octanol–water partition coefficient (Wildman–Crippen LogP) is 12.1. The van der Waals surface area contributed by atoms with Crippen molar-refractivity contribution in [1.82, 2.24) is 0 Å². The molecule has 0 radical (unpaired) electrons. The van der Waals surface area contributed by atoms with Crippen molar-refractivity contribution in [2.45, 2.75) is 89.9 Å². The lowest BCUT2D eigenvalue weighted by Crippen LogP contribution is -2.17. The molecular formula is C46H52N2. The van der Waals surface area contributed by atoms with Crippen molar-refractivity contribution in [3.63, 3.8) is 0 Å². The summed E-state index contributed by atoms with van der Waals surface area (Å²) in [7, 11) is 0. The van der Waals surface area contributed by atoms with E-state index in [1.807, 2.05) is 24.3 Å². The molecule has 0 saturated carbocycles. The smallest absolute Gasteiger partial charge is 0.0609 e. The summed E-state index contributed by atoms with van der Waals surface area (Å²) < 4.78 is 0. The van der Waals surface area contributed by atoms with Gasteiger partial charge in [-0.3, -0.25) is 4.99 Å². The zero-order valence-electron chi connectivity index (χ0n) is 29.2. The topological polar surface area (TPSA) is 38.4 Å². The van der Waals surface area contributed by atoms with Crippen molar-refractivity contribution in [3.8, 4) is 11.1 Å². The van der Waals surface area contributed by atoms with E-state index in [1.165, 1.54) is 77.5 Å². The number of benzene rings is 3. The van der Waals surface area contributed by atoms with Gasteiger partial charge < -0.3 is 5.73 Å². The molecule has 0 aliphatic heterocycles. The van der Waals surface area contributed by atoms with Crippen molar-refractivity contribution in [1.29, 1.82) is 0 Å². The summed E-state index contributed by atoms with van der Waals surface area (Å²) in [5.41, 5.74) is 20.6. The van der Waals surface area contributed by atoms with E-state index in [2.05, 4.69) is 118 Å². The van der Waals surface area contributed by atoms with Gasteiger partial charge in [0, 0.05) is 17.0 Å². The van der Waals surface area contributed by atoms with Crippen molar-refractivity contribution in [3.05, 3.63) is 155 Å². The molecule has 48 heavy (non-hydrogen) atoms. The van der Waals surface area contributed by atoms with Gasteiger partial charge >= 0.3 is 0 Å². The predicted molar refractivity (Wildman–Crippen MR) is 208 cm³/mol. The Kier molecular flexibility index (Phi) is 10.9. The van der Waals surface area contributed by atoms with Gasteiger partial charge in [-0.2, -0.15) is 0 Å². The molecule has 0 bridgehead atoms. The zero-order valence-corrected chi connectivity index (χ0v) is 29.2. The molecule has 1 unspecified atom stereocenters. The Morgan fingerprint density at radius 2 is 1.81 bits per heavy atom. The molecule has 2 nitrogen and oxygen atoms in total. The summed E-state index contributed by atoms with van der Waals surface area (Å²) in [5, 5.41) is 0. The van der Waals surface area contributed by atoms with Crippen LogP contribution in [0.25, 0.3) is 22.4 Å². The monoisotopic (exact) mass is 632 g/mol. The molecule has 0 fully saturated rings. The maximum Gasteiger partial charge on any atom is 0.0609 e. The molecular weight excluding hydrogens is 581 g/mol. The first-order valence-corrected chi connectivity index (χ1v) is 18.2. The largest absolute Gasteiger partial charge is 0.398 e. The number of aliphatic imine (C=N–C) groups is 1. The molecule has 0 amide bonds. The minimum Gasteiger partial charge on any atom is -0.398 e. The lowest BCUT2D eigenvalue weighted by atomic mass is 9.78. The molecule has 2 N–H and O–H groups in total. The van der Waals surface area contributed by atoms with E-state index < -0.39 is 0 Å². The lowest BCUT2D eigenvalue weighted by molar-refractivity contribution is 0.598. The van der Waals surface area contributed by atoms with Crippen LogP contribution in [0.15, 0.2) is 138 Å². The van der Waals surface area contributed by atoms with E-state index in [9.17, 15) is 0 Å². The zero-order chi connectivity index (χ0) is 33.3. The highest BCUT2D eigenvalue weighted by Gasteiger charge is 2.37. The van der Waals surface area contributed by atoms with E-state index in [-0.39, 0.29) is 5.41 Å². The maximum atomic E-state index is 6.51. The summed E-state index contributed by atoms with van der Waals surface area (Å²) in [6, 6.07) is 26.6. The minimum absolute atomic E-state index is 0.0787.